The molecule has 0 heterocycles. The molecule has 118 heavy (non-hydrogen) atoms. The van der Waals surface area contributed by atoms with E-state index in [4.69, 9.17) is 137 Å². The molecule has 5 amide bonds. The molecule has 0 radical (unpaired) electrons. The summed E-state index contributed by atoms with van der Waals surface area (Å²) in [5.74, 6) is 4.52. The molecule has 6 aromatic carbocycles. The molecule has 648 valence electrons. The minimum Gasteiger partial charge on any atom is -0.497 e. The summed E-state index contributed by atoms with van der Waals surface area (Å²) in [5.41, 5.74) is 43.5. The van der Waals surface area contributed by atoms with Crippen molar-refractivity contribution in [2.24, 2.45) is 21.7 Å². The largest absolute Gasteiger partial charge is 1.00 e. The number of nitrogens with one attached hydrogen (secondary N) is 5. The molecule has 0 aromatic heterocycles. The summed E-state index contributed by atoms with van der Waals surface area (Å²) in [6.45, 7) is -0.418. The fraction of sp³-hybridized carbons (Fsp3) is 0.417. The van der Waals surface area contributed by atoms with Gasteiger partial charge in [-0.2, -0.15) is 0 Å². The number of rotatable bonds is 37. The molecular formula is C72H100Cl5N16NaO24. The van der Waals surface area contributed by atoms with Gasteiger partial charge in [-0.1, -0.05) is 10.2 Å². The van der Waals surface area contributed by atoms with Crippen LogP contribution in [0.3, 0.4) is 0 Å². The fourth-order valence-electron chi connectivity index (χ4n) is 8.80. The van der Waals surface area contributed by atoms with E-state index in [9.17, 15) is 59.4 Å². The van der Waals surface area contributed by atoms with Crippen LogP contribution in [0, 0.1) is 0 Å². The number of carbonyl (C=O) groups excluding carboxylic acids is 6. The first kappa shape index (κ1) is 114. The van der Waals surface area contributed by atoms with Crippen molar-refractivity contribution in [3.8, 4) is 69.0 Å². The van der Waals surface area contributed by atoms with Crippen LogP contribution < -0.4 is 124 Å². The van der Waals surface area contributed by atoms with Crippen molar-refractivity contribution in [3.63, 3.8) is 0 Å². The summed E-state index contributed by atoms with van der Waals surface area (Å²) >= 11 is 20.2. The van der Waals surface area contributed by atoms with Crippen LogP contribution in [0.4, 0.5) is 0 Å². The Balaban J connectivity index is -0.000000647. The number of amides is 5. The molecule has 0 spiro atoms. The zero-order valence-corrected chi connectivity index (χ0v) is 72.8. The standard InChI is InChI=1S/2C12H16ClNO4.2C12H16N4O4.C12H18N2O4.C10H15NO3.C2H2Cl2O.ClH.N3.Na/c2*1-17-8-3-4-11(18-2)9(5-8)10(15)7-14-12(16)6-13;2*1-19-8-3-4-11(20-2)9(5-8)10(17)6-14-12(18)7-15-16-13;1-17-8-3-4-11(18-2)9(5-8)10(15)7-14-12(16)6-13;1-13-7-3-4-10(14-2)8(5-7)9(12)6-11;3-1-2(4)5;;1-3-2;/h2*3-5,10,15H,6-7H2,1-2H3,(H,14,16);2*3-5,10,17H,6-7H2,1-2H3,(H,14,18);3-5,10,15H,6-7,13H2,1-2H3,(H,14,16);3-5,9,12H,6,11H2,1-2H3;1H2;1H;;/q;;;;;;;;-1;+1. The third-order valence-corrected chi connectivity index (χ3v) is 15.5. The first-order valence-corrected chi connectivity index (χ1v) is 35.5. The van der Waals surface area contributed by atoms with Crippen molar-refractivity contribution in [2.45, 2.75) is 36.6 Å². The molecule has 46 heteroatoms. The Morgan fingerprint density at radius 3 is 0.695 bits per heavy atom. The monoisotopic (exact) mass is 1770 g/mol. The van der Waals surface area contributed by atoms with E-state index in [0.717, 1.165) is 0 Å². The van der Waals surface area contributed by atoms with Gasteiger partial charge in [-0.3, -0.25) is 33.7 Å². The minimum absolute atomic E-state index is 0. The molecule has 6 aromatic rings. The number of aliphatic hydroxyl groups excluding tert-OH is 6. The van der Waals surface area contributed by atoms with E-state index in [-0.39, 0.29) is 136 Å². The Kier molecular flexibility index (Phi) is 66.8. The molecule has 6 unspecified atom stereocenters. The van der Waals surface area contributed by atoms with E-state index < -0.39 is 53.7 Å². The Labute approximate surface area is 729 Å². The molecule has 0 aliphatic rings. The quantitative estimate of drug-likeness (QED) is 0.00645. The third-order valence-electron chi connectivity index (χ3n) is 14.5. The maximum absolute atomic E-state index is 11.3. The van der Waals surface area contributed by atoms with Gasteiger partial charge in [0, 0.05) is 82.5 Å². The van der Waals surface area contributed by atoms with Crippen molar-refractivity contribution in [2.75, 3.05) is 162 Å². The number of hydrogen-bond acceptors (Lipinski definition) is 28. The van der Waals surface area contributed by atoms with E-state index in [1.54, 1.807) is 123 Å². The molecule has 15 N–H and O–H groups in total. The Bertz CT molecular complexity index is 3790. The Morgan fingerprint density at radius 1 is 0.356 bits per heavy atom. The molecular weight excluding hydrogens is 1670 g/mol. The summed E-state index contributed by atoms with van der Waals surface area (Å²) in [4.78, 5) is 71.5. The molecule has 0 saturated heterocycles. The number of benzene rings is 6. The van der Waals surface area contributed by atoms with Gasteiger partial charge >= 0.3 is 29.6 Å². The van der Waals surface area contributed by atoms with Crippen molar-refractivity contribution in [1.29, 1.82) is 0 Å². The number of halogens is 5. The first-order valence-electron chi connectivity index (χ1n) is 33.5. The van der Waals surface area contributed by atoms with Crippen LogP contribution in [-0.4, -0.2) is 227 Å². The molecule has 0 aliphatic carbocycles. The number of methoxy groups -OCH3 is 12. The van der Waals surface area contributed by atoms with E-state index in [1.807, 2.05) is 0 Å². The normalized spacial score (nSPS) is 11.0. The SMILES string of the molecule is COc1ccc(OC)c(C(O)CN)c1.COc1ccc(OC)c(C(O)CNC(=O)CCl)c1.COc1ccc(OC)c(C(O)CNC(=O)CCl)c1.COc1ccc(OC)c(C(O)CNC(=O)CN)c1.COc1ccc(OC)c(C(O)CNC(=O)CN=[N+]=[N-])c1.COc1ccc(OC)c(C(O)CNC(=O)CN=[N+]=[N-])c1.Cl.O=C(Cl)CCl.[N-]=[N+]=[N-].[Na+]. The summed E-state index contributed by atoms with van der Waals surface area (Å²) in [6, 6.07) is 30.5. The zero-order valence-electron chi connectivity index (χ0n) is 67.0. The number of hydrogen-bond donors (Lipinski definition) is 13. The predicted molar refractivity (Wildman–Crippen MR) is 439 cm³/mol. The Hall–Kier alpha value is -10.0. The molecule has 6 rings (SSSR count). The maximum atomic E-state index is 11.3. The number of carbonyl (C=O) groups is 6. The number of nitrogens with two attached hydrogens (primary N) is 2. The van der Waals surface area contributed by atoms with E-state index in [0.29, 0.717) is 102 Å². The van der Waals surface area contributed by atoms with Gasteiger partial charge in [0.15, 0.2) is 0 Å². The smallest absolute Gasteiger partial charge is 0.497 e. The predicted octanol–water partition coefficient (Wildman–Crippen LogP) is 4.30. The van der Waals surface area contributed by atoms with Gasteiger partial charge in [-0.05, 0) is 132 Å². The molecule has 6 atom stereocenters. The van der Waals surface area contributed by atoms with Gasteiger partial charge in [0.25, 0.3) is 0 Å². The van der Waals surface area contributed by atoms with Gasteiger partial charge in [0.05, 0.1) is 134 Å². The van der Waals surface area contributed by atoms with Crippen LogP contribution in [0.15, 0.2) is 119 Å². The molecule has 0 saturated carbocycles. The van der Waals surface area contributed by atoms with Gasteiger partial charge in [-0.15, -0.1) is 47.2 Å². The summed E-state index contributed by atoms with van der Waals surface area (Å²) in [5, 5.41) is 77.9. The number of ether oxygens (including phenoxy) is 12. The van der Waals surface area contributed by atoms with Gasteiger partial charge < -0.3 is 137 Å². The van der Waals surface area contributed by atoms with Crippen LogP contribution in [0.5, 0.6) is 69.0 Å². The second-order valence-electron chi connectivity index (χ2n) is 21.8. The summed E-state index contributed by atoms with van der Waals surface area (Å²) in [6.07, 6.45) is -5.31. The van der Waals surface area contributed by atoms with Crippen LogP contribution in [0.25, 0.3) is 36.9 Å². The topological polar surface area (TPSA) is 603 Å². The number of alkyl halides is 3. The maximum Gasteiger partial charge on any atom is 1.00 e. The van der Waals surface area contributed by atoms with E-state index in [2.05, 4.69) is 46.6 Å². The second-order valence-corrected chi connectivity index (χ2v) is 23.0. The molecule has 0 bridgehead atoms. The molecule has 40 nitrogen and oxygen atoms in total. The third kappa shape index (κ3) is 46.2. The number of nitrogens with zero attached hydrogens (tertiary/aromatic N) is 9. The van der Waals surface area contributed by atoms with Gasteiger partial charge in [0.2, 0.25) is 34.8 Å². The van der Waals surface area contributed by atoms with Crippen LogP contribution in [0.1, 0.15) is 70.0 Å². The number of aliphatic hydroxyl groups is 6. The van der Waals surface area contributed by atoms with E-state index >= 15 is 0 Å². The van der Waals surface area contributed by atoms with Crippen LogP contribution >= 0.6 is 58.8 Å². The van der Waals surface area contributed by atoms with Gasteiger partial charge in [0.1, 0.15) is 93.8 Å². The zero-order chi connectivity index (χ0) is 88.1. The average molecular weight is 1770 g/mol. The second kappa shape index (κ2) is 69.0. The Morgan fingerprint density at radius 2 is 0.542 bits per heavy atom. The number of azide groups is 2. The first-order chi connectivity index (χ1) is 55.5. The van der Waals surface area contributed by atoms with Crippen LogP contribution in [-0.2, 0) is 28.8 Å². The fourth-order valence-corrected chi connectivity index (χ4v) is 8.99. The van der Waals surface area contributed by atoms with Crippen molar-refractivity contribution >= 4 is 93.6 Å². The van der Waals surface area contributed by atoms with Gasteiger partial charge in [-0.25, -0.2) is 0 Å². The van der Waals surface area contributed by atoms with Crippen molar-refractivity contribution in [3.05, 3.63) is 179 Å². The summed E-state index contributed by atoms with van der Waals surface area (Å²) in [7, 11) is 18.3. The van der Waals surface area contributed by atoms with Crippen molar-refractivity contribution in [1.82, 2.24) is 26.6 Å². The molecule has 0 fully saturated rings. The summed E-state index contributed by atoms with van der Waals surface area (Å²) < 4.78 is 61.2. The van der Waals surface area contributed by atoms with Crippen LogP contribution in [0.2, 0.25) is 0 Å². The minimum atomic E-state index is -0.963. The average Bonchev–Trinajstić information content (AvgIpc) is 0.886. The molecule has 0 aliphatic heterocycles. The van der Waals surface area contributed by atoms with Crippen molar-refractivity contribution < 1.29 is 146 Å². The van der Waals surface area contributed by atoms with E-state index in [1.165, 1.54) is 76.0 Å².